The highest BCUT2D eigenvalue weighted by Crippen LogP contribution is 2.48. The van der Waals surface area contributed by atoms with Gasteiger partial charge in [-0.2, -0.15) is 36.9 Å². The van der Waals surface area contributed by atoms with E-state index in [-0.39, 0.29) is 82.5 Å². The number of aromatic nitrogens is 3. The van der Waals surface area contributed by atoms with Gasteiger partial charge >= 0.3 is 30.4 Å². The monoisotopic (exact) mass is 995 g/mol. The molecule has 0 saturated carbocycles. The number of carbonyl (C=O) groups is 6. The number of carboxylic acid groups (broad SMARTS) is 1. The Balaban J connectivity index is 0.000000197. The van der Waals surface area contributed by atoms with E-state index < -0.39 is 53.7 Å². The predicted molar refractivity (Wildman–Crippen MR) is 236 cm³/mol. The van der Waals surface area contributed by atoms with Crippen molar-refractivity contribution in [3.8, 4) is 23.6 Å². The summed E-state index contributed by atoms with van der Waals surface area (Å²) < 4.78 is 84.9. The van der Waals surface area contributed by atoms with E-state index in [1.165, 1.54) is 60.3 Å². The van der Waals surface area contributed by atoms with E-state index >= 15 is 0 Å². The lowest BCUT2D eigenvalue weighted by molar-refractivity contribution is -0.141. The number of aromatic carboxylic acids is 1. The van der Waals surface area contributed by atoms with E-state index in [9.17, 15) is 60.7 Å². The first-order valence-corrected chi connectivity index (χ1v) is 21.0. The van der Waals surface area contributed by atoms with Crippen molar-refractivity contribution in [1.82, 2.24) is 30.4 Å². The number of carbonyl (C=O) groups excluding carboxylic acids is 5. The molecule has 2 atom stereocenters. The fourth-order valence-electron chi connectivity index (χ4n) is 8.75. The van der Waals surface area contributed by atoms with E-state index in [0.29, 0.717) is 34.4 Å². The molecule has 4 aliphatic rings. The normalized spacial score (nSPS) is 17.6. The Hall–Kier alpha value is -9.23. The predicted octanol–water partition coefficient (Wildman–Crippen LogP) is 7.36. The van der Waals surface area contributed by atoms with Crippen molar-refractivity contribution < 1.29 is 64.6 Å². The summed E-state index contributed by atoms with van der Waals surface area (Å²) in [7, 11) is 2.81. The molecule has 0 fully saturated rings. The lowest BCUT2D eigenvalue weighted by atomic mass is 9.89. The molecule has 2 unspecified atom stereocenters. The number of nitrogens with one attached hydrogen (secondary N) is 1. The maximum atomic E-state index is 13.6. The molecule has 2 aliphatic heterocycles. The summed E-state index contributed by atoms with van der Waals surface area (Å²) in [6.07, 6.45) is -6.43. The number of likely N-dealkylation sites (N-methyl/N-ethyl adjacent to an activating group) is 2. The summed E-state index contributed by atoms with van der Waals surface area (Å²) in [6, 6.07) is 15.6. The second-order valence-electron chi connectivity index (χ2n) is 15.9. The number of rotatable bonds is 7. The molecule has 72 heavy (non-hydrogen) atoms. The van der Waals surface area contributed by atoms with Gasteiger partial charge in [0.1, 0.15) is 5.69 Å². The molecule has 0 radical (unpaired) electrons. The summed E-state index contributed by atoms with van der Waals surface area (Å²) in [5, 5.41) is 35.7. The number of nitriles is 2. The number of urea groups is 2. The molecule has 2 aliphatic carbocycles. The van der Waals surface area contributed by atoms with Crippen LogP contribution in [0.25, 0.3) is 11.5 Å². The summed E-state index contributed by atoms with van der Waals surface area (Å²) in [6.45, 7) is 0. The van der Waals surface area contributed by atoms with Crippen LogP contribution in [0.2, 0.25) is 0 Å². The number of amides is 5. The van der Waals surface area contributed by atoms with Crippen LogP contribution in [0.3, 0.4) is 0 Å². The number of anilines is 2. The van der Waals surface area contributed by atoms with Crippen molar-refractivity contribution in [1.29, 1.82) is 10.5 Å². The first-order chi connectivity index (χ1) is 34.2. The van der Waals surface area contributed by atoms with Crippen LogP contribution < -0.4 is 21.1 Å². The number of Topliss-reactive ketones (excluding diaryl/α,β-unsaturated/α-hetero) is 2. The first-order valence-electron chi connectivity index (χ1n) is 21.0. The average Bonchev–Trinajstić information content (AvgIpc) is 4.13. The van der Waals surface area contributed by atoms with Crippen molar-refractivity contribution in [3.05, 3.63) is 147 Å². The Labute approximate surface area is 402 Å². The quantitative estimate of drug-likeness (QED) is 0.0473. The van der Waals surface area contributed by atoms with Crippen LogP contribution in [-0.2, 0) is 26.7 Å². The molecule has 19 nitrogen and oxygen atoms in total. The molecule has 0 bridgehead atoms. The molecule has 5 amide bonds. The molecule has 3 aromatic carbocycles. The van der Waals surface area contributed by atoms with Crippen molar-refractivity contribution in [2.45, 2.75) is 50.1 Å². The number of nitrogens with zero attached hydrogens (tertiary/aromatic N) is 9. The molecule has 4 heterocycles. The van der Waals surface area contributed by atoms with Crippen LogP contribution in [0.5, 0.6) is 0 Å². The van der Waals surface area contributed by atoms with Gasteiger partial charge in [-0.1, -0.05) is 18.2 Å². The van der Waals surface area contributed by atoms with E-state index in [4.69, 9.17) is 14.5 Å². The zero-order chi connectivity index (χ0) is 52.4. The lowest BCUT2D eigenvalue weighted by Gasteiger charge is -2.40. The largest absolute Gasteiger partial charge is 0.478 e. The highest BCUT2D eigenvalue weighted by molar-refractivity contribution is 6.09. The fraction of sp³-hybridized carbons (Fsp3) is 0.213. The summed E-state index contributed by atoms with van der Waals surface area (Å²) >= 11 is 0. The third-order valence-corrected chi connectivity index (χ3v) is 11.8. The molecule has 0 saturated heterocycles. The number of alkyl halides is 6. The minimum atomic E-state index is -4.73. The van der Waals surface area contributed by atoms with Crippen LogP contribution in [0.1, 0.15) is 81.6 Å². The number of pyridine rings is 1. The minimum absolute atomic E-state index is 0.0225. The number of halogens is 6. The minimum Gasteiger partial charge on any atom is -0.478 e. The Morgan fingerprint density at radius 2 is 1.32 bits per heavy atom. The summed E-state index contributed by atoms with van der Waals surface area (Å²) in [5.41, 5.74) is 1.72. The van der Waals surface area contributed by atoms with Gasteiger partial charge in [-0.3, -0.25) is 34.6 Å². The molecular weight excluding hydrogens is 961 g/mol. The topological polar surface area (TPSA) is 273 Å². The number of hydrogen-bond acceptors (Lipinski definition) is 13. The highest BCUT2D eigenvalue weighted by Gasteiger charge is 2.48. The number of benzene rings is 3. The van der Waals surface area contributed by atoms with Crippen LogP contribution in [0, 0.1) is 22.7 Å². The van der Waals surface area contributed by atoms with Gasteiger partial charge in [0, 0.05) is 61.2 Å². The summed E-state index contributed by atoms with van der Waals surface area (Å²) in [5.74, 6) is 2.60. The van der Waals surface area contributed by atoms with E-state index in [2.05, 4.69) is 21.0 Å². The second-order valence-corrected chi connectivity index (χ2v) is 15.9. The molecular formula is C47H35F6N11O8. The zero-order valence-corrected chi connectivity index (χ0v) is 37.3. The molecule has 4 N–H and O–H groups in total. The number of nitrogens with two attached hydrogens (primary N) is 1. The van der Waals surface area contributed by atoms with Crippen LogP contribution in [0.15, 0.2) is 112 Å². The van der Waals surface area contributed by atoms with Crippen LogP contribution >= 0.6 is 0 Å². The average molecular weight is 996 g/mol. The van der Waals surface area contributed by atoms with Gasteiger partial charge < -0.3 is 19.3 Å². The molecule has 25 heteroatoms. The summed E-state index contributed by atoms with van der Waals surface area (Å²) in [4.78, 5) is 81.5. The molecule has 9 rings (SSSR count). The number of ketones is 2. The Bertz CT molecular complexity index is 3200. The zero-order valence-electron chi connectivity index (χ0n) is 37.3. The second kappa shape index (κ2) is 20.0. The van der Waals surface area contributed by atoms with Crippen LogP contribution in [0.4, 0.5) is 47.3 Å². The van der Waals surface area contributed by atoms with E-state index in [1.807, 2.05) is 12.1 Å². The number of carboxylic acids is 1. The Kier molecular flexibility index (Phi) is 14.1. The smallest absolute Gasteiger partial charge is 0.433 e. The third-order valence-electron chi connectivity index (χ3n) is 11.8. The van der Waals surface area contributed by atoms with Gasteiger partial charge in [-0.25, -0.2) is 20.2 Å². The first kappa shape index (κ1) is 50.6. The highest BCUT2D eigenvalue weighted by atomic mass is 19.4. The van der Waals surface area contributed by atoms with Crippen molar-refractivity contribution in [2.75, 3.05) is 23.9 Å². The van der Waals surface area contributed by atoms with E-state index in [0.717, 1.165) is 46.7 Å². The van der Waals surface area contributed by atoms with Crippen molar-refractivity contribution in [3.63, 3.8) is 0 Å². The molecule has 368 valence electrons. The van der Waals surface area contributed by atoms with Gasteiger partial charge in [0.25, 0.3) is 0 Å². The van der Waals surface area contributed by atoms with Gasteiger partial charge in [0.2, 0.25) is 18.7 Å². The van der Waals surface area contributed by atoms with E-state index in [1.54, 1.807) is 17.6 Å². The molecule has 5 aromatic rings. The maximum absolute atomic E-state index is 13.6. The van der Waals surface area contributed by atoms with Gasteiger partial charge in [-0.15, -0.1) is 10.2 Å². The van der Waals surface area contributed by atoms with Gasteiger partial charge in [0.05, 0.1) is 57.9 Å². The number of allylic oxidation sites excluding steroid dienone is 2. The van der Waals surface area contributed by atoms with Crippen molar-refractivity contribution >= 4 is 47.4 Å². The maximum Gasteiger partial charge on any atom is 0.433 e. The van der Waals surface area contributed by atoms with Gasteiger partial charge in [-0.05, 0) is 78.6 Å². The number of hydrazine groups is 1. The lowest BCUT2D eigenvalue weighted by Crippen LogP contribution is -2.48. The van der Waals surface area contributed by atoms with Crippen LogP contribution in [-0.4, -0.2) is 80.2 Å². The molecule has 0 spiro atoms. The molecule has 2 aromatic heterocycles. The Morgan fingerprint density at radius 3 is 1.82 bits per heavy atom. The van der Waals surface area contributed by atoms with Gasteiger partial charge in [0.15, 0.2) is 11.6 Å². The fourth-order valence-corrected chi connectivity index (χ4v) is 8.75. The van der Waals surface area contributed by atoms with Crippen molar-refractivity contribution in [2.24, 2.45) is 5.84 Å². The Morgan fingerprint density at radius 1 is 0.778 bits per heavy atom. The number of hydrogen-bond donors (Lipinski definition) is 3. The third kappa shape index (κ3) is 9.55. The SMILES string of the molecule is CN1C(=O)N(c2cccc(C(F)(F)F)c2)C2=C(C(=O)CC2)C1c1ccc(C#N)cc1-c1nnco1.CN1C(=O)N(c2ccnc(C(F)(F)F)c2)C2=C(C(=O)CC2)C1c1ccc(C#N)cc1C(=O)O.NNC=O. The standard InChI is InChI=1S/C24H16F3N5O3.C22H15F3N4O4.CH4N2O/c1-31-21(16-6-5-13(11-28)9-17(16)22-30-29-12-35-22)20-18(7-8-19(20)33)32(23(31)34)15-4-2-3-14(10-15)24(25,26)27;1-28-19(13-3-2-11(10-26)8-14(13)20(31)32)18-15(4-5-16(18)30)29(21(28)33)12-6-7-27-17(9-12)22(23,24)25;2-3-1-4/h2-6,9-10,12,21H,7-8H2,1H3;2-3,6-9,19H,4-5H2,1H3,(H,31,32);1H,2H2,(H,3,4).